The van der Waals surface area contributed by atoms with Gasteiger partial charge < -0.3 is 4.90 Å². The van der Waals surface area contributed by atoms with Gasteiger partial charge in [-0.2, -0.15) is 0 Å². The Labute approximate surface area is 186 Å². The van der Waals surface area contributed by atoms with Gasteiger partial charge in [-0.3, -0.25) is 4.79 Å². The fraction of sp³-hybridized carbons (Fsp3) is 0.269. The Bertz CT molecular complexity index is 1180. The summed E-state index contributed by atoms with van der Waals surface area (Å²) in [5.41, 5.74) is 4.20. The summed E-state index contributed by atoms with van der Waals surface area (Å²) in [5, 5.41) is 0. The standard InChI is InChI=1S/C26H25F2N3O/c1-17-5-3-6-19(13-17)23-15-29-18(2)30-26(23)21-7-4-12-31(16-21)25(32)11-8-20-14-22(27)9-10-24(20)28/h3,5-6,8-11,13-15,21H,4,7,12,16H2,1-2H3/b11-8+/t21-/m0/s1. The van der Waals surface area contributed by atoms with Crippen molar-refractivity contribution in [2.24, 2.45) is 0 Å². The minimum absolute atomic E-state index is 0.0556. The third-order valence-corrected chi connectivity index (χ3v) is 5.75. The maximum Gasteiger partial charge on any atom is 0.246 e. The van der Waals surface area contributed by atoms with Crippen molar-refractivity contribution in [2.75, 3.05) is 13.1 Å². The number of carbonyl (C=O) groups is 1. The zero-order valence-corrected chi connectivity index (χ0v) is 18.2. The van der Waals surface area contributed by atoms with Crippen molar-refractivity contribution in [3.05, 3.63) is 89.0 Å². The van der Waals surface area contributed by atoms with Gasteiger partial charge in [-0.05, 0) is 56.5 Å². The molecule has 0 spiro atoms. The van der Waals surface area contributed by atoms with Crippen molar-refractivity contribution in [1.29, 1.82) is 0 Å². The highest BCUT2D eigenvalue weighted by atomic mass is 19.1. The van der Waals surface area contributed by atoms with E-state index in [2.05, 4.69) is 11.1 Å². The number of amides is 1. The second-order valence-corrected chi connectivity index (χ2v) is 8.21. The van der Waals surface area contributed by atoms with E-state index in [0.29, 0.717) is 18.9 Å². The summed E-state index contributed by atoms with van der Waals surface area (Å²) < 4.78 is 27.3. The second-order valence-electron chi connectivity index (χ2n) is 8.21. The molecule has 2 aromatic carbocycles. The van der Waals surface area contributed by atoms with Crippen LogP contribution >= 0.6 is 0 Å². The Morgan fingerprint density at radius 3 is 2.81 bits per heavy atom. The molecule has 3 aromatic rings. The quantitative estimate of drug-likeness (QED) is 0.514. The molecule has 164 valence electrons. The lowest BCUT2D eigenvalue weighted by Crippen LogP contribution is -2.38. The molecule has 1 atom stereocenters. The predicted molar refractivity (Wildman–Crippen MR) is 121 cm³/mol. The molecule has 0 N–H and O–H groups in total. The first-order chi connectivity index (χ1) is 15.4. The van der Waals surface area contributed by atoms with Crippen LogP contribution in [0.3, 0.4) is 0 Å². The molecule has 1 saturated heterocycles. The van der Waals surface area contributed by atoms with Gasteiger partial charge >= 0.3 is 0 Å². The molecule has 1 fully saturated rings. The van der Waals surface area contributed by atoms with Gasteiger partial charge in [0.2, 0.25) is 5.91 Å². The largest absolute Gasteiger partial charge is 0.338 e. The zero-order chi connectivity index (χ0) is 22.7. The normalized spacial score (nSPS) is 16.5. The van der Waals surface area contributed by atoms with Crippen LogP contribution in [0.5, 0.6) is 0 Å². The van der Waals surface area contributed by atoms with Crippen LogP contribution in [0.4, 0.5) is 8.78 Å². The maximum absolute atomic E-state index is 13.9. The van der Waals surface area contributed by atoms with E-state index < -0.39 is 11.6 Å². The highest BCUT2D eigenvalue weighted by Gasteiger charge is 2.27. The van der Waals surface area contributed by atoms with Gasteiger partial charge in [0.1, 0.15) is 17.5 Å². The monoisotopic (exact) mass is 433 g/mol. The van der Waals surface area contributed by atoms with Crippen molar-refractivity contribution >= 4 is 12.0 Å². The number of hydrogen-bond donors (Lipinski definition) is 0. The Balaban J connectivity index is 1.57. The van der Waals surface area contributed by atoms with E-state index in [1.54, 1.807) is 4.90 Å². The number of carbonyl (C=O) groups excluding carboxylic acids is 1. The first-order valence-corrected chi connectivity index (χ1v) is 10.7. The van der Waals surface area contributed by atoms with Crippen LogP contribution < -0.4 is 0 Å². The maximum atomic E-state index is 13.9. The van der Waals surface area contributed by atoms with E-state index in [-0.39, 0.29) is 17.4 Å². The van der Waals surface area contributed by atoms with E-state index in [1.807, 2.05) is 38.2 Å². The Morgan fingerprint density at radius 2 is 2.00 bits per heavy atom. The van der Waals surface area contributed by atoms with Crippen molar-refractivity contribution in [3.63, 3.8) is 0 Å². The van der Waals surface area contributed by atoms with Crippen LogP contribution in [0.2, 0.25) is 0 Å². The van der Waals surface area contributed by atoms with E-state index in [4.69, 9.17) is 4.98 Å². The van der Waals surface area contributed by atoms with E-state index in [1.165, 1.54) is 12.2 Å². The topological polar surface area (TPSA) is 46.1 Å². The first-order valence-electron chi connectivity index (χ1n) is 10.7. The SMILES string of the molecule is Cc1cccc(-c2cnc(C)nc2[C@H]2CCCN(C(=O)/C=C/c3cc(F)ccc3F)C2)c1. The summed E-state index contributed by atoms with van der Waals surface area (Å²) in [5.74, 6) is -0.558. The molecule has 1 aliphatic heterocycles. The molecule has 1 amide bonds. The predicted octanol–water partition coefficient (Wildman–Crippen LogP) is 5.46. The number of aryl methyl sites for hydroxylation is 2. The number of hydrogen-bond acceptors (Lipinski definition) is 3. The minimum Gasteiger partial charge on any atom is -0.338 e. The highest BCUT2D eigenvalue weighted by Crippen LogP contribution is 2.33. The van der Waals surface area contributed by atoms with E-state index >= 15 is 0 Å². The lowest BCUT2D eigenvalue weighted by atomic mass is 9.89. The molecule has 1 aromatic heterocycles. The number of rotatable bonds is 4. The zero-order valence-electron chi connectivity index (χ0n) is 18.2. The van der Waals surface area contributed by atoms with Crippen LogP contribution in [-0.2, 0) is 4.79 Å². The Hall–Kier alpha value is -3.41. The molecule has 2 heterocycles. The molecular weight excluding hydrogens is 408 g/mol. The molecule has 0 saturated carbocycles. The summed E-state index contributed by atoms with van der Waals surface area (Å²) in [6.07, 6.45) is 6.26. The number of likely N-dealkylation sites (tertiary alicyclic amines) is 1. The van der Waals surface area contributed by atoms with Crippen molar-refractivity contribution in [1.82, 2.24) is 14.9 Å². The van der Waals surface area contributed by atoms with Crippen molar-refractivity contribution in [2.45, 2.75) is 32.6 Å². The number of halogens is 2. The van der Waals surface area contributed by atoms with Gasteiger partial charge in [0.25, 0.3) is 0 Å². The number of benzene rings is 2. The van der Waals surface area contributed by atoms with Gasteiger partial charge in [0.15, 0.2) is 0 Å². The number of aromatic nitrogens is 2. The lowest BCUT2D eigenvalue weighted by molar-refractivity contribution is -0.127. The molecule has 1 aliphatic rings. The van der Waals surface area contributed by atoms with Crippen LogP contribution in [0, 0.1) is 25.5 Å². The molecule has 0 bridgehead atoms. The summed E-state index contributed by atoms with van der Waals surface area (Å²) >= 11 is 0. The Kier molecular flexibility index (Phi) is 6.40. The number of piperidine rings is 1. The third kappa shape index (κ3) is 4.90. The van der Waals surface area contributed by atoms with Crippen LogP contribution in [0.1, 0.15) is 41.4 Å². The molecule has 0 aliphatic carbocycles. The Morgan fingerprint density at radius 1 is 1.16 bits per heavy atom. The second kappa shape index (κ2) is 9.39. The number of nitrogens with zero attached hydrogens (tertiary/aromatic N) is 3. The minimum atomic E-state index is -0.564. The average Bonchev–Trinajstić information content (AvgIpc) is 2.79. The van der Waals surface area contributed by atoms with Crippen LogP contribution in [0.15, 0.2) is 54.7 Å². The van der Waals surface area contributed by atoms with Gasteiger partial charge in [-0.15, -0.1) is 0 Å². The summed E-state index contributed by atoms with van der Waals surface area (Å²) in [6, 6.07) is 11.4. The van der Waals surface area contributed by atoms with E-state index in [9.17, 15) is 13.6 Å². The molecule has 0 unspecified atom stereocenters. The first kappa shape index (κ1) is 21.8. The van der Waals surface area contributed by atoms with Crippen molar-refractivity contribution in [3.8, 4) is 11.1 Å². The molecular formula is C26H25F2N3O. The third-order valence-electron chi connectivity index (χ3n) is 5.75. The fourth-order valence-electron chi connectivity index (χ4n) is 4.14. The van der Waals surface area contributed by atoms with Gasteiger partial charge in [0.05, 0.1) is 5.69 Å². The highest BCUT2D eigenvalue weighted by molar-refractivity contribution is 5.92. The molecule has 6 heteroatoms. The van der Waals surface area contributed by atoms with Crippen LogP contribution in [-0.4, -0.2) is 33.9 Å². The summed E-state index contributed by atoms with van der Waals surface area (Å²) in [6.45, 7) is 5.05. The van der Waals surface area contributed by atoms with Gasteiger partial charge in [0, 0.05) is 42.4 Å². The summed E-state index contributed by atoms with van der Waals surface area (Å²) in [4.78, 5) is 23.7. The molecule has 0 radical (unpaired) electrons. The van der Waals surface area contributed by atoms with Crippen LogP contribution in [0.25, 0.3) is 17.2 Å². The van der Waals surface area contributed by atoms with Crippen molar-refractivity contribution < 1.29 is 13.6 Å². The molecule has 4 rings (SSSR count). The lowest BCUT2D eigenvalue weighted by Gasteiger charge is -2.32. The van der Waals surface area contributed by atoms with Gasteiger partial charge in [-0.25, -0.2) is 18.7 Å². The van der Waals surface area contributed by atoms with E-state index in [0.717, 1.165) is 53.4 Å². The average molecular weight is 434 g/mol. The summed E-state index contributed by atoms with van der Waals surface area (Å²) in [7, 11) is 0. The molecule has 32 heavy (non-hydrogen) atoms. The smallest absolute Gasteiger partial charge is 0.246 e. The van der Waals surface area contributed by atoms with Gasteiger partial charge in [-0.1, -0.05) is 29.8 Å². The fourth-order valence-corrected chi connectivity index (χ4v) is 4.14. The molecule has 4 nitrogen and oxygen atoms in total.